The monoisotopic (exact) mass is 413 g/mol. The summed E-state index contributed by atoms with van der Waals surface area (Å²) in [7, 11) is 4.09. The van der Waals surface area contributed by atoms with E-state index in [1.807, 2.05) is 31.8 Å². The van der Waals surface area contributed by atoms with E-state index < -0.39 is 0 Å². The van der Waals surface area contributed by atoms with E-state index >= 15 is 0 Å². The maximum Gasteiger partial charge on any atom is 0.280 e. The Morgan fingerprint density at radius 2 is 1.90 bits per heavy atom. The molecule has 156 valence electrons. The summed E-state index contributed by atoms with van der Waals surface area (Å²) in [6.07, 6.45) is 0.872. The van der Waals surface area contributed by atoms with Crippen LogP contribution in [0.3, 0.4) is 0 Å². The van der Waals surface area contributed by atoms with Crippen molar-refractivity contribution < 1.29 is 4.79 Å². The molecule has 0 aliphatic heterocycles. The maximum atomic E-state index is 13.4. The molecule has 0 unspecified atom stereocenters. The maximum absolute atomic E-state index is 13.4. The van der Waals surface area contributed by atoms with E-state index in [-0.39, 0.29) is 11.9 Å². The van der Waals surface area contributed by atoms with E-state index in [9.17, 15) is 4.79 Å². The molecule has 0 bridgehead atoms. The quantitative estimate of drug-likeness (QED) is 0.568. The number of hydrogen-bond acceptors (Lipinski definition) is 5. The molecule has 1 amide bonds. The Labute approximate surface area is 177 Å². The zero-order chi connectivity index (χ0) is 21.3. The molecule has 0 fully saturated rings. The predicted octanol–water partition coefficient (Wildman–Crippen LogP) is 4.60. The molecular weight excluding hydrogens is 382 g/mol. The molecule has 3 aromatic rings. The van der Waals surface area contributed by atoms with Gasteiger partial charge in [-0.05, 0) is 84.9 Å². The molecule has 29 heavy (non-hydrogen) atoms. The van der Waals surface area contributed by atoms with Gasteiger partial charge in [-0.3, -0.25) is 14.4 Å². The largest absolute Gasteiger partial charge is 0.309 e. The van der Waals surface area contributed by atoms with E-state index in [2.05, 4.69) is 49.8 Å². The Kier molecular flexibility index (Phi) is 6.39. The van der Waals surface area contributed by atoms with Crippen molar-refractivity contribution in [3.63, 3.8) is 0 Å². The van der Waals surface area contributed by atoms with Crippen LogP contribution in [0.5, 0.6) is 0 Å². The number of carbonyl (C=O) groups is 1. The summed E-state index contributed by atoms with van der Waals surface area (Å²) in [5, 5.41) is 5.32. The van der Waals surface area contributed by atoms with Gasteiger partial charge < -0.3 is 4.90 Å². The summed E-state index contributed by atoms with van der Waals surface area (Å²) in [5.74, 6) is -0.0836. The van der Waals surface area contributed by atoms with Gasteiger partial charge in [0.05, 0.1) is 10.2 Å². The summed E-state index contributed by atoms with van der Waals surface area (Å²) < 4.78 is 3.01. The second-order valence-corrected chi connectivity index (χ2v) is 9.18. The van der Waals surface area contributed by atoms with Crippen LogP contribution in [-0.4, -0.2) is 52.8 Å². The van der Waals surface area contributed by atoms with Crippen LogP contribution in [0.2, 0.25) is 0 Å². The molecule has 0 N–H and O–H groups in total. The SMILES string of the molecule is Cc1ccc2sc(N(CCCN(C)C)C(=O)c3cc(C)n(C(C)C)n3)nc2c1C. The van der Waals surface area contributed by atoms with E-state index in [0.717, 1.165) is 34.0 Å². The van der Waals surface area contributed by atoms with Gasteiger partial charge in [-0.1, -0.05) is 17.4 Å². The number of aryl methyl sites for hydroxylation is 3. The van der Waals surface area contributed by atoms with Gasteiger partial charge in [0, 0.05) is 18.3 Å². The van der Waals surface area contributed by atoms with Crippen LogP contribution >= 0.6 is 11.3 Å². The Balaban J connectivity index is 1.99. The first kappa shape index (κ1) is 21.5. The Morgan fingerprint density at radius 1 is 1.17 bits per heavy atom. The topological polar surface area (TPSA) is 54.3 Å². The van der Waals surface area contributed by atoms with E-state index in [4.69, 9.17) is 4.98 Å². The van der Waals surface area contributed by atoms with Gasteiger partial charge >= 0.3 is 0 Å². The highest BCUT2D eigenvalue weighted by Gasteiger charge is 2.24. The highest BCUT2D eigenvalue weighted by molar-refractivity contribution is 7.22. The highest BCUT2D eigenvalue weighted by atomic mass is 32.1. The van der Waals surface area contributed by atoms with Crippen LogP contribution < -0.4 is 4.90 Å². The minimum Gasteiger partial charge on any atom is -0.309 e. The van der Waals surface area contributed by atoms with Crippen LogP contribution in [0.4, 0.5) is 5.13 Å². The molecule has 2 heterocycles. The van der Waals surface area contributed by atoms with Gasteiger partial charge in [0.25, 0.3) is 5.91 Å². The van der Waals surface area contributed by atoms with Crippen LogP contribution in [0, 0.1) is 20.8 Å². The lowest BCUT2D eigenvalue weighted by atomic mass is 10.1. The summed E-state index contributed by atoms with van der Waals surface area (Å²) in [6, 6.07) is 6.31. The van der Waals surface area contributed by atoms with E-state index in [1.54, 1.807) is 16.2 Å². The second kappa shape index (κ2) is 8.63. The third kappa shape index (κ3) is 4.51. The summed E-state index contributed by atoms with van der Waals surface area (Å²) in [4.78, 5) is 22.2. The molecule has 0 aliphatic rings. The van der Waals surface area contributed by atoms with Crippen LogP contribution in [0.1, 0.15) is 53.6 Å². The molecule has 6 nitrogen and oxygen atoms in total. The molecule has 3 rings (SSSR count). The Hall–Kier alpha value is -2.25. The molecule has 0 radical (unpaired) electrons. The van der Waals surface area contributed by atoms with Crippen molar-refractivity contribution in [2.75, 3.05) is 32.1 Å². The molecule has 0 aliphatic carbocycles. The Bertz CT molecular complexity index is 1020. The molecule has 1 aromatic carbocycles. The van der Waals surface area contributed by atoms with Gasteiger partial charge in [-0.2, -0.15) is 5.10 Å². The molecule has 2 aromatic heterocycles. The molecule has 0 atom stereocenters. The number of rotatable bonds is 7. The summed E-state index contributed by atoms with van der Waals surface area (Å²) in [5.41, 5.74) is 4.84. The van der Waals surface area contributed by atoms with Crippen molar-refractivity contribution in [3.05, 3.63) is 40.7 Å². The second-order valence-electron chi connectivity index (χ2n) is 8.17. The number of aromatic nitrogens is 3. The minimum absolute atomic E-state index is 0.0836. The van der Waals surface area contributed by atoms with Gasteiger partial charge in [0.15, 0.2) is 10.8 Å². The van der Waals surface area contributed by atoms with Crippen molar-refractivity contribution in [2.45, 2.75) is 47.1 Å². The third-order valence-corrected chi connectivity index (χ3v) is 6.21. The highest BCUT2D eigenvalue weighted by Crippen LogP contribution is 2.32. The van der Waals surface area contributed by atoms with Crippen molar-refractivity contribution in [1.82, 2.24) is 19.7 Å². The lowest BCUT2D eigenvalue weighted by Crippen LogP contribution is -2.33. The Morgan fingerprint density at radius 3 is 2.52 bits per heavy atom. The minimum atomic E-state index is -0.0836. The molecule has 0 saturated carbocycles. The van der Waals surface area contributed by atoms with E-state index in [0.29, 0.717) is 12.2 Å². The van der Waals surface area contributed by atoms with E-state index in [1.165, 1.54) is 11.1 Å². The van der Waals surface area contributed by atoms with Crippen LogP contribution in [0.25, 0.3) is 10.2 Å². The number of fused-ring (bicyclic) bond motifs is 1. The molecule has 7 heteroatoms. The molecule has 0 spiro atoms. The summed E-state index contributed by atoms with van der Waals surface area (Å²) >= 11 is 1.57. The van der Waals surface area contributed by atoms with Crippen LogP contribution in [0.15, 0.2) is 18.2 Å². The predicted molar refractivity (Wildman–Crippen MR) is 121 cm³/mol. The number of thiazole rings is 1. The number of hydrogen-bond donors (Lipinski definition) is 0. The smallest absolute Gasteiger partial charge is 0.280 e. The number of amides is 1. The number of anilines is 1. The fourth-order valence-corrected chi connectivity index (χ4v) is 4.46. The number of nitrogens with zero attached hydrogens (tertiary/aromatic N) is 5. The van der Waals surface area contributed by atoms with Crippen molar-refractivity contribution in [1.29, 1.82) is 0 Å². The van der Waals surface area contributed by atoms with Gasteiger partial charge in [-0.25, -0.2) is 4.98 Å². The first-order chi connectivity index (χ1) is 13.7. The zero-order valence-corrected chi connectivity index (χ0v) is 19.3. The third-order valence-electron chi connectivity index (χ3n) is 5.17. The standard InChI is InChI=1S/C22H31N5OS/c1-14(2)27-16(4)13-18(24-27)21(28)26(12-8-11-25(6)7)22-23-20-17(5)15(3)9-10-19(20)29-22/h9-10,13-14H,8,11-12H2,1-7H3. The van der Waals surface area contributed by atoms with Crippen molar-refractivity contribution >= 4 is 32.6 Å². The van der Waals surface area contributed by atoms with Crippen molar-refractivity contribution in [2.24, 2.45) is 0 Å². The average Bonchev–Trinajstić information content (AvgIpc) is 3.25. The fourth-order valence-electron chi connectivity index (χ4n) is 3.41. The normalized spacial score (nSPS) is 11.8. The zero-order valence-electron chi connectivity index (χ0n) is 18.5. The molecular formula is C22H31N5OS. The van der Waals surface area contributed by atoms with Gasteiger partial charge in [-0.15, -0.1) is 0 Å². The first-order valence-electron chi connectivity index (χ1n) is 10.1. The lowest BCUT2D eigenvalue weighted by molar-refractivity contribution is 0.0980. The fraction of sp³-hybridized carbons (Fsp3) is 0.500. The lowest BCUT2D eigenvalue weighted by Gasteiger charge is -2.20. The number of benzene rings is 1. The first-order valence-corrected chi connectivity index (χ1v) is 10.9. The summed E-state index contributed by atoms with van der Waals surface area (Å²) in [6.45, 7) is 11.8. The van der Waals surface area contributed by atoms with Gasteiger partial charge in [0.1, 0.15) is 0 Å². The molecule has 0 saturated heterocycles. The van der Waals surface area contributed by atoms with Crippen molar-refractivity contribution in [3.8, 4) is 0 Å². The van der Waals surface area contributed by atoms with Crippen LogP contribution in [-0.2, 0) is 0 Å². The number of carbonyl (C=O) groups excluding carboxylic acids is 1. The average molecular weight is 414 g/mol. The van der Waals surface area contributed by atoms with Gasteiger partial charge in [0.2, 0.25) is 0 Å².